The van der Waals surface area contributed by atoms with Crippen molar-refractivity contribution in [3.8, 4) is 0 Å². The van der Waals surface area contributed by atoms with E-state index in [4.69, 9.17) is 11.6 Å². The van der Waals surface area contributed by atoms with Crippen LogP contribution in [-0.2, 0) is 0 Å². The number of H-pyrrole nitrogens is 1. The molecule has 2 N–H and O–H groups in total. The van der Waals surface area contributed by atoms with Gasteiger partial charge in [0.2, 0.25) is 5.28 Å². The third kappa shape index (κ3) is 3.04. The Hall–Kier alpha value is -1.40. The van der Waals surface area contributed by atoms with Crippen LogP contribution in [-0.4, -0.2) is 52.0 Å². The number of imidazole rings is 1. The number of anilines is 1. The van der Waals surface area contributed by atoms with Gasteiger partial charge >= 0.3 is 0 Å². The van der Waals surface area contributed by atoms with E-state index in [2.05, 4.69) is 44.2 Å². The molecule has 2 aromatic rings. The summed E-state index contributed by atoms with van der Waals surface area (Å²) in [5, 5.41) is 3.44. The summed E-state index contributed by atoms with van der Waals surface area (Å²) in [7, 11) is 4.10. The number of fused-ring (bicyclic) bond motifs is 1. The van der Waals surface area contributed by atoms with Crippen LogP contribution in [0.3, 0.4) is 0 Å². The molecule has 7 heteroatoms. The van der Waals surface area contributed by atoms with Gasteiger partial charge in [-0.1, -0.05) is 0 Å². The summed E-state index contributed by atoms with van der Waals surface area (Å²) in [5.74, 6) is 0.705. The van der Waals surface area contributed by atoms with Crippen LogP contribution in [0, 0.1) is 0 Å². The van der Waals surface area contributed by atoms with Gasteiger partial charge in [0.25, 0.3) is 0 Å². The van der Waals surface area contributed by atoms with Gasteiger partial charge < -0.3 is 15.2 Å². The van der Waals surface area contributed by atoms with E-state index >= 15 is 0 Å². The van der Waals surface area contributed by atoms with Crippen molar-refractivity contribution in [2.75, 3.05) is 32.5 Å². The number of nitrogens with zero attached hydrogens (tertiary/aromatic N) is 4. The molecule has 0 aliphatic carbocycles. The SMILES string of the molecule is CN(C)CCCNc1nc(Cl)nc2nc[nH]c12. The van der Waals surface area contributed by atoms with Crippen molar-refractivity contribution >= 4 is 28.6 Å². The Morgan fingerprint density at radius 1 is 1.41 bits per heavy atom. The van der Waals surface area contributed by atoms with E-state index in [0.717, 1.165) is 25.0 Å². The first-order valence-electron chi connectivity index (χ1n) is 5.42. The minimum atomic E-state index is 0.208. The van der Waals surface area contributed by atoms with Crippen molar-refractivity contribution < 1.29 is 0 Å². The van der Waals surface area contributed by atoms with Crippen molar-refractivity contribution in [2.45, 2.75) is 6.42 Å². The predicted molar refractivity (Wildman–Crippen MR) is 68.4 cm³/mol. The Labute approximate surface area is 104 Å². The fourth-order valence-corrected chi connectivity index (χ4v) is 1.70. The summed E-state index contributed by atoms with van der Waals surface area (Å²) in [6.45, 7) is 1.86. The van der Waals surface area contributed by atoms with Crippen LogP contribution in [0.25, 0.3) is 11.2 Å². The third-order valence-corrected chi connectivity index (χ3v) is 2.50. The van der Waals surface area contributed by atoms with Crippen molar-refractivity contribution in [1.82, 2.24) is 24.8 Å². The van der Waals surface area contributed by atoms with E-state index in [9.17, 15) is 0 Å². The van der Waals surface area contributed by atoms with Gasteiger partial charge in [0.1, 0.15) is 5.52 Å². The Bertz CT molecular complexity index is 495. The van der Waals surface area contributed by atoms with Crippen LogP contribution in [0.15, 0.2) is 6.33 Å². The lowest BCUT2D eigenvalue weighted by atomic mass is 10.4. The summed E-state index contributed by atoms with van der Waals surface area (Å²) >= 11 is 5.82. The number of aromatic amines is 1. The average Bonchev–Trinajstić information content (AvgIpc) is 2.71. The molecular weight excluding hydrogens is 240 g/mol. The highest BCUT2D eigenvalue weighted by Crippen LogP contribution is 2.18. The van der Waals surface area contributed by atoms with Crippen LogP contribution in [0.4, 0.5) is 5.82 Å². The van der Waals surface area contributed by atoms with Gasteiger partial charge in [-0.3, -0.25) is 0 Å². The number of halogens is 1. The predicted octanol–water partition coefficient (Wildman–Crippen LogP) is 1.37. The van der Waals surface area contributed by atoms with Gasteiger partial charge in [0.15, 0.2) is 11.5 Å². The first-order chi connectivity index (χ1) is 8.16. The molecule has 0 amide bonds. The summed E-state index contributed by atoms with van der Waals surface area (Å²) in [6.07, 6.45) is 2.62. The van der Waals surface area contributed by atoms with Gasteiger partial charge in [0, 0.05) is 6.54 Å². The molecule has 0 unspecified atom stereocenters. The van der Waals surface area contributed by atoms with Crippen LogP contribution in [0.2, 0.25) is 5.28 Å². The highest BCUT2D eigenvalue weighted by Gasteiger charge is 2.07. The number of rotatable bonds is 5. The lowest BCUT2D eigenvalue weighted by molar-refractivity contribution is 0.405. The van der Waals surface area contributed by atoms with Crippen LogP contribution in [0.5, 0.6) is 0 Å². The normalized spacial score (nSPS) is 11.3. The Balaban J connectivity index is 2.04. The van der Waals surface area contributed by atoms with E-state index < -0.39 is 0 Å². The largest absolute Gasteiger partial charge is 0.368 e. The second kappa shape index (κ2) is 5.29. The van der Waals surface area contributed by atoms with Crippen molar-refractivity contribution in [3.63, 3.8) is 0 Å². The van der Waals surface area contributed by atoms with E-state index in [1.165, 1.54) is 0 Å². The highest BCUT2D eigenvalue weighted by atomic mass is 35.5. The number of aromatic nitrogens is 4. The minimum Gasteiger partial charge on any atom is -0.368 e. The number of hydrogen-bond donors (Lipinski definition) is 2. The maximum atomic E-state index is 5.82. The smallest absolute Gasteiger partial charge is 0.226 e. The molecule has 0 aromatic carbocycles. The first-order valence-corrected chi connectivity index (χ1v) is 5.80. The maximum absolute atomic E-state index is 5.82. The fraction of sp³-hybridized carbons (Fsp3) is 0.500. The highest BCUT2D eigenvalue weighted by molar-refractivity contribution is 6.28. The Morgan fingerprint density at radius 3 is 3.00 bits per heavy atom. The molecule has 6 nitrogen and oxygen atoms in total. The zero-order valence-electron chi connectivity index (χ0n) is 9.87. The van der Waals surface area contributed by atoms with Gasteiger partial charge in [-0.25, -0.2) is 4.98 Å². The quantitative estimate of drug-likeness (QED) is 0.623. The van der Waals surface area contributed by atoms with Crippen molar-refractivity contribution in [1.29, 1.82) is 0 Å². The molecule has 2 rings (SSSR count). The van der Waals surface area contributed by atoms with Gasteiger partial charge in [-0.2, -0.15) is 9.97 Å². The van der Waals surface area contributed by atoms with Crippen molar-refractivity contribution in [2.24, 2.45) is 0 Å². The minimum absolute atomic E-state index is 0.208. The average molecular weight is 255 g/mol. The van der Waals surface area contributed by atoms with Gasteiger partial charge in [0.05, 0.1) is 6.33 Å². The molecule has 0 radical (unpaired) electrons. The van der Waals surface area contributed by atoms with E-state index in [0.29, 0.717) is 11.5 Å². The van der Waals surface area contributed by atoms with E-state index in [-0.39, 0.29) is 5.28 Å². The lowest BCUT2D eigenvalue weighted by Crippen LogP contribution is -2.16. The van der Waals surface area contributed by atoms with Crippen LogP contribution < -0.4 is 5.32 Å². The molecule has 0 fully saturated rings. The number of hydrogen-bond acceptors (Lipinski definition) is 5. The standard InChI is InChI=1S/C10H15ClN6/c1-17(2)5-3-4-12-8-7-9(14-6-13-7)16-10(11)15-8/h6H,3-5H2,1-2H3,(H2,12,13,14,15,16). The van der Waals surface area contributed by atoms with Crippen LogP contribution in [0.1, 0.15) is 6.42 Å². The summed E-state index contributed by atoms with van der Waals surface area (Å²) in [5.41, 5.74) is 1.37. The zero-order chi connectivity index (χ0) is 12.3. The van der Waals surface area contributed by atoms with Crippen molar-refractivity contribution in [3.05, 3.63) is 11.6 Å². The second-order valence-corrected chi connectivity index (χ2v) is 4.36. The molecule has 0 atom stereocenters. The van der Waals surface area contributed by atoms with Gasteiger partial charge in [-0.15, -0.1) is 0 Å². The lowest BCUT2D eigenvalue weighted by Gasteiger charge is -2.10. The molecule has 2 aromatic heterocycles. The molecule has 0 spiro atoms. The van der Waals surface area contributed by atoms with E-state index in [1.807, 2.05) is 0 Å². The number of nitrogens with one attached hydrogen (secondary N) is 2. The summed E-state index contributed by atoms with van der Waals surface area (Å²) in [4.78, 5) is 17.4. The molecule has 0 saturated heterocycles. The first kappa shape index (κ1) is 12.1. The Kier molecular flexibility index (Phi) is 3.75. The second-order valence-electron chi connectivity index (χ2n) is 4.03. The zero-order valence-corrected chi connectivity index (χ0v) is 10.6. The monoisotopic (exact) mass is 254 g/mol. The molecule has 17 heavy (non-hydrogen) atoms. The third-order valence-electron chi connectivity index (χ3n) is 2.33. The maximum Gasteiger partial charge on any atom is 0.226 e. The molecule has 0 aliphatic rings. The topological polar surface area (TPSA) is 69.7 Å². The molecule has 0 saturated carbocycles. The molecule has 2 heterocycles. The van der Waals surface area contributed by atoms with Gasteiger partial charge in [-0.05, 0) is 38.7 Å². The molecule has 92 valence electrons. The summed E-state index contributed by atoms with van der Waals surface area (Å²) < 4.78 is 0. The molecular formula is C10H15ClN6. The summed E-state index contributed by atoms with van der Waals surface area (Å²) in [6, 6.07) is 0. The Morgan fingerprint density at radius 2 is 2.24 bits per heavy atom. The molecule has 0 aliphatic heterocycles. The molecule has 0 bridgehead atoms. The fourth-order valence-electron chi connectivity index (χ4n) is 1.54. The van der Waals surface area contributed by atoms with E-state index in [1.54, 1.807) is 6.33 Å². The van der Waals surface area contributed by atoms with Crippen LogP contribution >= 0.6 is 11.6 Å².